The summed E-state index contributed by atoms with van der Waals surface area (Å²) in [7, 11) is 1.76. The highest BCUT2D eigenvalue weighted by atomic mass is 16.5. The number of carbonyl (C=O) groups excluding carboxylic acids is 1. The van der Waals surface area contributed by atoms with Crippen molar-refractivity contribution >= 4 is 5.91 Å². The van der Waals surface area contributed by atoms with E-state index >= 15 is 0 Å². The Bertz CT molecular complexity index is 1150. The third-order valence-electron chi connectivity index (χ3n) is 4.63. The molecular formula is C22H22N6O2. The molecule has 0 aliphatic carbocycles. The van der Waals surface area contributed by atoms with Crippen molar-refractivity contribution in [3.8, 4) is 17.3 Å². The predicted molar refractivity (Wildman–Crippen MR) is 111 cm³/mol. The van der Waals surface area contributed by atoms with Crippen molar-refractivity contribution < 1.29 is 9.32 Å². The third-order valence-corrected chi connectivity index (χ3v) is 4.63. The van der Waals surface area contributed by atoms with Gasteiger partial charge in [0.25, 0.3) is 11.8 Å². The number of rotatable bonds is 6. The number of benzene rings is 1. The number of hydrogen-bond acceptors (Lipinski definition) is 6. The second-order valence-corrected chi connectivity index (χ2v) is 7.33. The van der Waals surface area contributed by atoms with Gasteiger partial charge in [0.1, 0.15) is 17.8 Å². The van der Waals surface area contributed by atoms with E-state index in [-0.39, 0.29) is 11.8 Å². The van der Waals surface area contributed by atoms with Crippen molar-refractivity contribution in [3.05, 3.63) is 78.3 Å². The molecule has 0 saturated heterocycles. The van der Waals surface area contributed by atoms with Crippen molar-refractivity contribution in [2.45, 2.75) is 26.3 Å². The Balaban J connectivity index is 1.53. The minimum absolute atomic E-state index is 0.160. The third kappa shape index (κ3) is 4.12. The molecule has 4 aromatic rings. The normalized spacial score (nSPS) is 11.1. The Morgan fingerprint density at radius 3 is 2.70 bits per heavy atom. The van der Waals surface area contributed by atoms with Crippen LogP contribution in [-0.4, -0.2) is 42.5 Å². The lowest BCUT2D eigenvalue weighted by molar-refractivity contribution is 0.0780. The second-order valence-electron chi connectivity index (χ2n) is 7.33. The molecule has 0 saturated carbocycles. The summed E-state index contributed by atoms with van der Waals surface area (Å²) in [5.74, 6) is 1.71. The van der Waals surface area contributed by atoms with E-state index < -0.39 is 0 Å². The molecule has 152 valence electrons. The van der Waals surface area contributed by atoms with Crippen LogP contribution in [0, 0.1) is 0 Å². The van der Waals surface area contributed by atoms with E-state index in [1.807, 2.05) is 50.2 Å². The van der Waals surface area contributed by atoms with E-state index in [0.29, 0.717) is 29.8 Å². The van der Waals surface area contributed by atoms with E-state index in [1.165, 1.54) is 0 Å². The molecule has 0 atom stereocenters. The van der Waals surface area contributed by atoms with Crippen LogP contribution in [0.2, 0.25) is 0 Å². The molecule has 4 rings (SSSR count). The van der Waals surface area contributed by atoms with Crippen molar-refractivity contribution in [3.63, 3.8) is 0 Å². The highest BCUT2D eigenvalue weighted by Gasteiger charge is 2.17. The Morgan fingerprint density at radius 2 is 1.97 bits per heavy atom. The number of pyridine rings is 1. The van der Waals surface area contributed by atoms with Gasteiger partial charge in [-0.1, -0.05) is 49.3 Å². The summed E-state index contributed by atoms with van der Waals surface area (Å²) in [6, 6.07) is 13.5. The molecule has 8 heteroatoms. The van der Waals surface area contributed by atoms with E-state index in [0.717, 1.165) is 11.1 Å². The van der Waals surface area contributed by atoms with Crippen LogP contribution in [0.25, 0.3) is 17.3 Å². The zero-order valence-electron chi connectivity index (χ0n) is 17.1. The molecule has 0 radical (unpaired) electrons. The van der Waals surface area contributed by atoms with Crippen molar-refractivity contribution in [1.29, 1.82) is 0 Å². The van der Waals surface area contributed by atoms with Crippen LogP contribution in [0.5, 0.6) is 0 Å². The standard InChI is InChI=1S/C22H22N6O2/c1-15(2)20-25-21(30-26-20)17-9-10-23-19(11-17)28-13-18(24-14-28)22(29)27(3)12-16-7-5-4-6-8-16/h4-11,13-15H,12H2,1-3H3. The van der Waals surface area contributed by atoms with Gasteiger partial charge < -0.3 is 9.42 Å². The molecule has 3 heterocycles. The SMILES string of the molecule is CC(C)c1noc(-c2ccnc(-n3cnc(C(=O)N(C)Cc4ccccc4)c3)c2)n1. The summed E-state index contributed by atoms with van der Waals surface area (Å²) in [5.41, 5.74) is 2.16. The molecule has 30 heavy (non-hydrogen) atoms. The summed E-state index contributed by atoms with van der Waals surface area (Å²) in [6.45, 7) is 4.52. The Morgan fingerprint density at radius 1 is 1.17 bits per heavy atom. The average Bonchev–Trinajstić information content (AvgIpc) is 3.44. The fourth-order valence-electron chi connectivity index (χ4n) is 2.96. The molecule has 0 bridgehead atoms. The fraction of sp³-hybridized carbons (Fsp3) is 0.227. The summed E-state index contributed by atoms with van der Waals surface area (Å²) >= 11 is 0. The molecule has 0 unspecified atom stereocenters. The zero-order chi connectivity index (χ0) is 21.1. The topological polar surface area (TPSA) is 89.9 Å². The van der Waals surface area contributed by atoms with Gasteiger partial charge in [0, 0.05) is 37.5 Å². The number of nitrogens with zero attached hydrogens (tertiary/aromatic N) is 6. The van der Waals surface area contributed by atoms with Crippen LogP contribution < -0.4 is 0 Å². The quantitative estimate of drug-likeness (QED) is 0.488. The van der Waals surface area contributed by atoms with Gasteiger partial charge in [-0.25, -0.2) is 9.97 Å². The smallest absolute Gasteiger partial charge is 0.274 e. The summed E-state index contributed by atoms with van der Waals surface area (Å²) in [6.07, 6.45) is 4.90. The van der Waals surface area contributed by atoms with Crippen molar-refractivity contribution in [2.75, 3.05) is 7.05 Å². The lowest BCUT2D eigenvalue weighted by atomic mass is 10.2. The molecule has 3 aromatic heterocycles. The van der Waals surface area contributed by atoms with Gasteiger partial charge in [0.15, 0.2) is 5.82 Å². The summed E-state index contributed by atoms with van der Waals surface area (Å²) < 4.78 is 7.06. The van der Waals surface area contributed by atoms with Gasteiger partial charge in [-0.05, 0) is 17.7 Å². The fourth-order valence-corrected chi connectivity index (χ4v) is 2.96. The Kier molecular flexibility index (Phi) is 5.38. The van der Waals surface area contributed by atoms with Gasteiger partial charge in [-0.15, -0.1) is 0 Å². The Labute approximate surface area is 174 Å². The molecular weight excluding hydrogens is 380 g/mol. The number of carbonyl (C=O) groups is 1. The van der Waals surface area contributed by atoms with Gasteiger partial charge in [-0.2, -0.15) is 4.98 Å². The van der Waals surface area contributed by atoms with Crippen LogP contribution in [0.4, 0.5) is 0 Å². The summed E-state index contributed by atoms with van der Waals surface area (Å²) in [5, 5.41) is 4.00. The van der Waals surface area contributed by atoms with Crippen LogP contribution in [0.1, 0.15) is 41.6 Å². The Hall–Kier alpha value is -3.81. The lowest BCUT2D eigenvalue weighted by Gasteiger charge is -2.15. The van der Waals surface area contributed by atoms with E-state index in [2.05, 4.69) is 20.1 Å². The highest BCUT2D eigenvalue weighted by molar-refractivity contribution is 5.92. The van der Waals surface area contributed by atoms with Gasteiger partial charge >= 0.3 is 0 Å². The molecule has 0 aliphatic heterocycles. The van der Waals surface area contributed by atoms with Crippen LogP contribution in [-0.2, 0) is 6.54 Å². The van der Waals surface area contributed by atoms with Crippen LogP contribution >= 0.6 is 0 Å². The highest BCUT2D eigenvalue weighted by Crippen LogP contribution is 2.21. The first-order chi connectivity index (χ1) is 14.5. The average molecular weight is 402 g/mol. The minimum atomic E-state index is -0.160. The first-order valence-electron chi connectivity index (χ1n) is 9.65. The number of amides is 1. The number of imidazole rings is 1. The van der Waals surface area contributed by atoms with Gasteiger partial charge in [0.05, 0.1) is 0 Å². The molecule has 0 aliphatic rings. The molecule has 0 spiro atoms. The van der Waals surface area contributed by atoms with Crippen molar-refractivity contribution in [2.24, 2.45) is 0 Å². The zero-order valence-corrected chi connectivity index (χ0v) is 17.1. The van der Waals surface area contributed by atoms with E-state index in [9.17, 15) is 4.79 Å². The molecule has 1 amide bonds. The monoisotopic (exact) mass is 402 g/mol. The molecule has 0 fully saturated rings. The van der Waals surface area contributed by atoms with Crippen LogP contribution in [0.15, 0.2) is 65.7 Å². The van der Waals surface area contributed by atoms with Crippen molar-refractivity contribution in [1.82, 2.24) is 29.6 Å². The number of aromatic nitrogens is 5. The predicted octanol–water partition coefficient (Wildman–Crippen LogP) is 3.71. The molecule has 8 nitrogen and oxygen atoms in total. The minimum Gasteiger partial charge on any atom is -0.336 e. The van der Waals surface area contributed by atoms with Gasteiger partial charge in [0.2, 0.25) is 0 Å². The van der Waals surface area contributed by atoms with Crippen LogP contribution in [0.3, 0.4) is 0 Å². The van der Waals surface area contributed by atoms with Gasteiger partial charge in [-0.3, -0.25) is 9.36 Å². The second kappa shape index (κ2) is 8.28. The first kappa shape index (κ1) is 19.5. The maximum absolute atomic E-state index is 12.7. The van der Waals surface area contributed by atoms with E-state index in [1.54, 1.807) is 41.3 Å². The maximum atomic E-state index is 12.7. The summed E-state index contributed by atoms with van der Waals surface area (Å²) in [4.78, 5) is 27.4. The molecule has 0 N–H and O–H groups in total. The first-order valence-corrected chi connectivity index (χ1v) is 9.65. The maximum Gasteiger partial charge on any atom is 0.274 e. The lowest BCUT2D eigenvalue weighted by Crippen LogP contribution is -2.26. The van der Waals surface area contributed by atoms with E-state index in [4.69, 9.17) is 4.52 Å². The molecule has 1 aromatic carbocycles. The largest absolute Gasteiger partial charge is 0.336 e. The number of hydrogen-bond donors (Lipinski definition) is 0.